The van der Waals surface area contributed by atoms with Gasteiger partial charge in [0.2, 0.25) is 0 Å². The summed E-state index contributed by atoms with van der Waals surface area (Å²) < 4.78 is 5.36. The molecule has 16 heavy (non-hydrogen) atoms. The van der Waals surface area contributed by atoms with Gasteiger partial charge in [-0.25, -0.2) is 4.98 Å². The van der Waals surface area contributed by atoms with E-state index in [1.807, 2.05) is 13.1 Å². The van der Waals surface area contributed by atoms with Crippen LogP contribution in [0.2, 0.25) is 0 Å². The van der Waals surface area contributed by atoms with Crippen LogP contribution < -0.4 is 10.1 Å². The Bertz CT molecular complexity index is 308. The van der Waals surface area contributed by atoms with E-state index in [4.69, 9.17) is 4.74 Å². The van der Waals surface area contributed by atoms with Gasteiger partial charge >= 0.3 is 0 Å². The second-order valence-electron chi connectivity index (χ2n) is 4.24. The summed E-state index contributed by atoms with van der Waals surface area (Å²) in [4.78, 5) is 5.50. The van der Waals surface area contributed by atoms with E-state index >= 15 is 0 Å². The molecule has 4 heteroatoms. The standard InChI is InChI=1S/C12H20N2OS/c1-2-15-12-14-9-11(16-12)8-13-10-6-4-3-5-7-10/h9-10,13H,2-8H2,1H3. The van der Waals surface area contributed by atoms with Gasteiger partial charge in [-0.05, 0) is 19.8 Å². The smallest absolute Gasteiger partial charge is 0.273 e. The molecule has 1 aromatic rings. The fraction of sp³-hybridized carbons (Fsp3) is 0.750. The molecule has 1 N–H and O–H groups in total. The second kappa shape index (κ2) is 6.21. The first-order valence-corrected chi connectivity index (χ1v) is 7.01. The van der Waals surface area contributed by atoms with Crippen molar-refractivity contribution in [1.29, 1.82) is 0 Å². The van der Waals surface area contributed by atoms with Gasteiger partial charge in [0.25, 0.3) is 5.19 Å². The Balaban J connectivity index is 1.75. The Hall–Kier alpha value is -0.610. The number of hydrogen-bond donors (Lipinski definition) is 1. The molecule has 0 aromatic carbocycles. The number of rotatable bonds is 5. The van der Waals surface area contributed by atoms with E-state index in [2.05, 4.69) is 10.3 Å². The summed E-state index contributed by atoms with van der Waals surface area (Å²) in [5.41, 5.74) is 0. The number of hydrogen-bond acceptors (Lipinski definition) is 4. The van der Waals surface area contributed by atoms with Crippen LogP contribution in [-0.2, 0) is 6.54 Å². The van der Waals surface area contributed by atoms with Gasteiger partial charge in [-0.1, -0.05) is 30.6 Å². The fourth-order valence-electron chi connectivity index (χ4n) is 2.11. The summed E-state index contributed by atoms with van der Waals surface area (Å²) in [5, 5.41) is 4.40. The summed E-state index contributed by atoms with van der Waals surface area (Å²) >= 11 is 1.65. The van der Waals surface area contributed by atoms with E-state index in [1.54, 1.807) is 11.3 Å². The van der Waals surface area contributed by atoms with Crippen LogP contribution in [0.1, 0.15) is 43.9 Å². The Labute approximate surface area is 101 Å². The minimum absolute atomic E-state index is 0.697. The first kappa shape index (κ1) is 11.9. The van der Waals surface area contributed by atoms with E-state index in [0.29, 0.717) is 12.6 Å². The number of nitrogens with zero attached hydrogens (tertiary/aromatic N) is 1. The monoisotopic (exact) mass is 240 g/mol. The number of nitrogens with one attached hydrogen (secondary N) is 1. The van der Waals surface area contributed by atoms with Gasteiger partial charge in [0, 0.05) is 23.7 Å². The van der Waals surface area contributed by atoms with Crippen LogP contribution in [0.25, 0.3) is 0 Å². The van der Waals surface area contributed by atoms with Gasteiger partial charge in [-0.15, -0.1) is 0 Å². The molecular weight excluding hydrogens is 220 g/mol. The Morgan fingerprint density at radius 1 is 1.44 bits per heavy atom. The molecule has 0 unspecified atom stereocenters. The Kier molecular flexibility index (Phi) is 4.60. The zero-order chi connectivity index (χ0) is 11.2. The zero-order valence-electron chi connectivity index (χ0n) is 9.87. The van der Waals surface area contributed by atoms with Gasteiger partial charge in [0.1, 0.15) is 0 Å². The molecule has 0 amide bonds. The second-order valence-corrected chi connectivity index (χ2v) is 5.32. The lowest BCUT2D eigenvalue weighted by atomic mass is 9.95. The first-order valence-electron chi connectivity index (χ1n) is 6.19. The molecule has 1 aliphatic carbocycles. The van der Waals surface area contributed by atoms with Crippen LogP contribution in [0.4, 0.5) is 0 Å². The molecule has 0 bridgehead atoms. The van der Waals surface area contributed by atoms with Gasteiger partial charge in [0.05, 0.1) is 6.61 Å². The average molecular weight is 240 g/mol. The summed E-state index contributed by atoms with van der Waals surface area (Å²) in [5.74, 6) is 0. The summed E-state index contributed by atoms with van der Waals surface area (Å²) in [6, 6.07) is 0.714. The quantitative estimate of drug-likeness (QED) is 0.859. The molecule has 1 fully saturated rings. The average Bonchev–Trinajstić information content (AvgIpc) is 2.76. The lowest BCUT2D eigenvalue weighted by Crippen LogP contribution is -2.30. The molecule has 1 aromatic heterocycles. The van der Waals surface area contributed by atoms with Crippen LogP contribution in [0.5, 0.6) is 5.19 Å². The van der Waals surface area contributed by atoms with E-state index < -0.39 is 0 Å². The topological polar surface area (TPSA) is 34.1 Å². The molecule has 0 radical (unpaired) electrons. The number of ether oxygens (including phenoxy) is 1. The molecule has 0 atom stereocenters. The highest BCUT2D eigenvalue weighted by atomic mass is 32.1. The fourth-order valence-corrected chi connectivity index (χ4v) is 2.88. The van der Waals surface area contributed by atoms with Crippen LogP contribution in [0.15, 0.2) is 6.20 Å². The molecule has 0 aliphatic heterocycles. The van der Waals surface area contributed by atoms with Crippen LogP contribution >= 0.6 is 11.3 Å². The molecule has 1 aliphatic rings. The Morgan fingerprint density at radius 3 is 3.00 bits per heavy atom. The minimum Gasteiger partial charge on any atom is -0.470 e. The molecule has 0 saturated heterocycles. The van der Waals surface area contributed by atoms with E-state index in [0.717, 1.165) is 11.7 Å². The van der Waals surface area contributed by atoms with Gasteiger partial charge in [0.15, 0.2) is 0 Å². The normalized spacial score (nSPS) is 17.6. The highest BCUT2D eigenvalue weighted by Gasteiger charge is 2.13. The van der Waals surface area contributed by atoms with E-state index in [-0.39, 0.29) is 0 Å². The number of thiazole rings is 1. The molecular formula is C12H20N2OS. The van der Waals surface area contributed by atoms with Crippen molar-refractivity contribution in [3.05, 3.63) is 11.1 Å². The van der Waals surface area contributed by atoms with Gasteiger partial charge in [-0.3, -0.25) is 0 Å². The third-order valence-corrected chi connectivity index (χ3v) is 3.88. The van der Waals surface area contributed by atoms with E-state index in [1.165, 1.54) is 37.0 Å². The Morgan fingerprint density at radius 2 is 2.25 bits per heavy atom. The van der Waals surface area contributed by atoms with Crippen molar-refractivity contribution in [2.45, 2.75) is 51.6 Å². The third-order valence-electron chi connectivity index (χ3n) is 2.97. The van der Waals surface area contributed by atoms with E-state index in [9.17, 15) is 0 Å². The summed E-state index contributed by atoms with van der Waals surface area (Å²) in [6.45, 7) is 3.62. The van der Waals surface area contributed by atoms with Gasteiger partial charge in [-0.2, -0.15) is 0 Å². The SMILES string of the molecule is CCOc1ncc(CNC2CCCCC2)s1. The number of aromatic nitrogens is 1. The van der Waals surface area contributed by atoms with Crippen molar-refractivity contribution in [2.24, 2.45) is 0 Å². The summed E-state index contributed by atoms with van der Waals surface area (Å²) in [7, 11) is 0. The lowest BCUT2D eigenvalue weighted by Gasteiger charge is -2.22. The van der Waals surface area contributed by atoms with Gasteiger partial charge < -0.3 is 10.1 Å². The van der Waals surface area contributed by atoms with Crippen LogP contribution in [0, 0.1) is 0 Å². The zero-order valence-corrected chi connectivity index (χ0v) is 10.7. The molecule has 0 spiro atoms. The molecule has 1 saturated carbocycles. The maximum atomic E-state index is 5.36. The maximum Gasteiger partial charge on any atom is 0.273 e. The predicted molar refractivity (Wildman–Crippen MR) is 67.0 cm³/mol. The van der Waals surface area contributed by atoms with Crippen molar-refractivity contribution in [3.63, 3.8) is 0 Å². The molecule has 3 nitrogen and oxygen atoms in total. The summed E-state index contributed by atoms with van der Waals surface area (Å²) in [6.07, 6.45) is 8.75. The molecule has 1 heterocycles. The first-order chi connectivity index (χ1) is 7.88. The maximum absolute atomic E-state index is 5.36. The highest BCUT2D eigenvalue weighted by Crippen LogP contribution is 2.22. The largest absolute Gasteiger partial charge is 0.470 e. The van der Waals surface area contributed by atoms with Crippen molar-refractivity contribution < 1.29 is 4.74 Å². The highest BCUT2D eigenvalue weighted by molar-refractivity contribution is 7.13. The van der Waals surface area contributed by atoms with Crippen molar-refractivity contribution >= 4 is 11.3 Å². The van der Waals surface area contributed by atoms with Crippen molar-refractivity contribution in [2.75, 3.05) is 6.61 Å². The minimum atomic E-state index is 0.697. The lowest BCUT2D eigenvalue weighted by molar-refractivity contribution is 0.338. The predicted octanol–water partition coefficient (Wildman–Crippen LogP) is 2.96. The van der Waals surface area contributed by atoms with Crippen molar-refractivity contribution in [3.8, 4) is 5.19 Å². The van der Waals surface area contributed by atoms with Crippen LogP contribution in [0.3, 0.4) is 0 Å². The molecule has 90 valence electrons. The van der Waals surface area contributed by atoms with Crippen LogP contribution in [-0.4, -0.2) is 17.6 Å². The van der Waals surface area contributed by atoms with Crippen molar-refractivity contribution in [1.82, 2.24) is 10.3 Å². The third kappa shape index (κ3) is 3.46. The molecule has 2 rings (SSSR count).